The lowest BCUT2D eigenvalue weighted by atomic mass is 9.80. The maximum absolute atomic E-state index is 12.5. The maximum atomic E-state index is 12.5. The lowest BCUT2D eigenvalue weighted by molar-refractivity contribution is -0.129. The van der Waals surface area contributed by atoms with Gasteiger partial charge in [-0.25, -0.2) is 0 Å². The molecule has 0 saturated heterocycles. The van der Waals surface area contributed by atoms with Gasteiger partial charge in [-0.05, 0) is 25.7 Å². The van der Waals surface area contributed by atoms with Crippen molar-refractivity contribution in [3.63, 3.8) is 0 Å². The van der Waals surface area contributed by atoms with Gasteiger partial charge in [0.2, 0.25) is 5.91 Å². The van der Waals surface area contributed by atoms with E-state index >= 15 is 0 Å². The number of hydrogen-bond donors (Lipinski definition) is 1. The molecule has 19 heavy (non-hydrogen) atoms. The van der Waals surface area contributed by atoms with Crippen molar-refractivity contribution in [3.8, 4) is 6.07 Å². The molecule has 3 heteroatoms. The highest BCUT2D eigenvalue weighted by atomic mass is 16.2. The molecule has 1 unspecified atom stereocenters. The fourth-order valence-electron chi connectivity index (χ4n) is 3.18. The Hall–Kier alpha value is -1.04. The first-order valence-electron chi connectivity index (χ1n) is 7.81. The standard InChI is InChI=1S/C16H28N2O/c1-4-14(5-2)13(3)18-15(19)16(12-17)10-8-6-7-9-11-16/h13-14H,4-11H2,1-3H3,(H,18,19). The van der Waals surface area contributed by atoms with E-state index in [1.54, 1.807) is 0 Å². The second kappa shape index (κ2) is 7.53. The number of nitriles is 1. The van der Waals surface area contributed by atoms with Crippen LogP contribution < -0.4 is 5.32 Å². The van der Waals surface area contributed by atoms with Gasteiger partial charge in [-0.2, -0.15) is 5.26 Å². The first-order chi connectivity index (χ1) is 9.09. The van der Waals surface area contributed by atoms with Crippen LogP contribution in [-0.4, -0.2) is 11.9 Å². The summed E-state index contributed by atoms with van der Waals surface area (Å²) in [6, 6.07) is 2.49. The van der Waals surface area contributed by atoms with Gasteiger partial charge in [0.15, 0.2) is 0 Å². The summed E-state index contributed by atoms with van der Waals surface area (Å²) in [5, 5.41) is 12.6. The molecule has 1 saturated carbocycles. The van der Waals surface area contributed by atoms with Crippen molar-refractivity contribution in [2.75, 3.05) is 0 Å². The molecule has 108 valence electrons. The second-order valence-electron chi connectivity index (χ2n) is 5.95. The summed E-state index contributed by atoms with van der Waals surface area (Å²) in [6.07, 6.45) is 7.89. The Morgan fingerprint density at radius 3 is 2.16 bits per heavy atom. The third-order valence-electron chi connectivity index (χ3n) is 4.72. The highest BCUT2D eigenvalue weighted by molar-refractivity contribution is 5.85. The Kier molecular flexibility index (Phi) is 6.34. The van der Waals surface area contributed by atoms with Crippen LogP contribution in [0.4, 0.5) is 0 Å². The van der Waals surface area contributed by atoms with E-state index in [1.165, 1.54) is 0 Å². The SMILES string of the molecule is CCC(CC)C(C)NC(=O)C1(C#N)CCCCCC1. The van der Waals surface area contributed by atoms with Crippen LogP contribution in [0.1, 0.15) is 72.1 Å². The Labute approximate surface area is 117 Å². The Morgan fingerprint density at radius 2 is 1.74 bits per heavy atom. The van der Waals surface area contributed by atoms with E-state index in [0.29, 0.717) is 5.92 Å². The zero-order valence-electron chi connectivity index (χ0n) is 12.7. The Morgan fingerprint density at radius 1 is 1.21 bits per heavy atom. The van der Waals surface area contributed by atoms with E-state index < -0.39 is 5.41 Å². The maximum Gasteiger partial charge on any atom is 0.240 e. The number of hydrogen-bond acceptors (Lipinski definition) is 2. The van der Waals surface area contributed by atoms with Crippen LogP contribution in [0, 0.1) is 22.7 Å². The molecule has 0 heterocycles. The average molecular weight is 264 g/mol. The molecule has 1 aliphatic carbocycles. The molecule has 1 aliphatic rings. The number of carbonyl (C=O) groups excluding carboxylic acids is 1. The zero-order chi connectivity index (χ0) is 14.3. The van der Waals surface area contributed by atoms with Gasteiger partial charge < -0.3 is 5.32 Å². The van der Waals surface area contributed by atoms with Gasteiger partial charge in [0.25, 0.3) is 0 Å². The zero-order valence-corrected chi connectivity index (χ0v) is 12.7. The van der Waals surface area contributed by atoms with Gasteiger partial charge in [0.1, 0.15) is 5.41 Å². The first kappa shape index (κ1) is 16.0. The Bertz CT molecular complexity index is 320. The first-order valence-corrected chi connectivity index (χ1v) is 7.81. The lowest BCUT2D eigenvalue weighted by Gasteiger charge is -2.29. The van der Waals surface area contributed by atoms with Gasteiger partial charge in [0.05, 0.1) is 6.07 Å². The van der Waals surface area contributed by atoms with Gasteiger partial charge in [-0.15, -0.1) is 0 Å². The summed E-state index contributed by atoms with van der Waals surface area (Å²) in [5.41, 5.74) is -0.767. The average Bonchev–Trinajstić information content (AvgIpc) is 2.66. The summed E-state index contributed by atoms with van der Waals surface area (Å²) >= 11 is 0. The minimum Gasteiger partial charge on any atom is -0.352 e. The van der Waals surface area contributed by atoms with Crippen molar-refractivity contribution >= 4 is 5.91 Å². The molecule has 0 spiro atoms. The van der Waals surface area contributed by atoms with Gasteiger partial charge in [-0.1, -0.05) is 52.4 Å². The Balaban J connectivity index is 2.71. The summed E-state index contributed by atoms with van der Waals surface area (Å²) in [7, 11) is 0. The molecular formula is C16H28N2O. The number of nitrogens with zero attached hydrogens (tertiary/aromatic N) is 1. The summed E-state index contributed by atoms with van der Waals surface area (Å²) < 4.78 is 0. The number of nitrogens with one attached hydrogen (secondary N) is 1. The van der Waals surface area contributed by atoms with Crippen LogP contribution in [-0.2, 0) is 4.79 Å². The molecular weight excluding hydrogens is 236 g/mol. The minimum atomic E-state index is -0.767. The van der Waals surface area contributed by atoms with Crippen molar-refractivity contribution in [3.05, 3.63) is 0 Å². The fourth-order valence-corrected chi connectivity index (χ4v) is 3.18. The fraction of sp³-hybridized carbons (Fsp3) is 0.875. The highest BCUT2D eigenvalue weighted by Crippen LogP contribution is 2.35. The number of amides is 1. The van der Waals surface area contributed by atoms with E-state index in [-0.39, 0.29) is 11.9 Å². The molecule has 1 N–H and O–H groups in total. The molecule has 3 nitrogen and oxygen atoms in total. The van der Waals surface area contributed by atoms with Gasteiger partial charge >= 0.3 is 0 Å². The molecule has 0 radical (unpaired) electrons. The van der Waals surface area contributed by atoms with Crippen LogP contribution in [0.15, 0.2) is 0 Å². The topological polar surface area (TPSA) is 52.9 Å². The van der Waals surface area contributed by atoms with Gasteiger partial charge in [-0.3, -0.25) is 4.79 Å². The summed E-state index contributed by atoms with van der Waals surface area (Å²) in [6.45, 7) is 6.38. The molecule has 0 aromatic carbocycles. The molecule has 0 aromatic rings. The molecule has 1 amide bonds. The third-order valence-corrected chi connectivity index (χ3v) is 4.72. The van der Waals surface area contributed by atoms with Crippen LogP contribution >= 0.6 is 0 Å². The molecule has 1 rings (SSSR count). The normalized spacial score (nSPS) is 20.4. The van der Waals surface area contributed by atoms with Crippen molar-refractivity contribution < 1.29 is 4.79 Å². The third kappa shape index (κ3) is 3.96. The molecule has 1 atom stereocenters. The van der Waals surface area contributed by atoms with E-state index in [4.69, 9.17) is 0 Å². The lowest BCUT2D eigenvalue weighted by Crippen LogP contribution is -2.46. The van der Waals surface area contributed by atoms with Gasteiger partial charge in [0, 0.05) is 6.04 Å². The predicted molar refractivity (Wildman–Crippen MR) is 77.4 cm³/mol. The van der Waals surface area contributed by atoms with Crippen LogP contribution in [0.2, 0.25) is 0 Å². The molecule has 0 bridgehead atoms. The molecule has 1 fully saturated rings. The smallest absolute Gasteiger partial charge is 0.240 e. The summed E-state index contributed by atoms with van der Waals surface area (Å²) in [5.74, 6) is 0.474. The van der Waals surface area contributed by atoms with Crippen LogP contribution in [0.3, 0.4) is 0 Å². The van der Waals surface area contributed by atoms with Crippen molar-refractivity contribution in [2.24, 2.45) is 11.3 Å². The molecule has 0 aromatic heterocycles. The highest BCUT2D eigenvalue weighted by Gasteiger charge is 2.39. The van der Waals surface area contributed by atoms with E-state index in [1.807, 2.05) is 0 Å². The number of carbonyl (C=O) groups is 1. The largest absolute Gasteiger partial charge is 0.352 e. The quantitative estimate of drug-likeness (QED) is 0.768. The second-order valence-corrected chi connectivity index (χ2v) is 5.95. The van der Waals surface area contributed by atoms with E-state index in [0.717, 1.165) is 51.4 Å². The monoisotopic (exact) mass is 264 g/mol. The van der Waals surface area contributed by atoms with Crippen molar-refractivity contribution in [2.45, 2.75) is 78.2 Å². The van der Waals surface area contributed by atoms with E-state index in [2.05, 4.69) is 32.2 Å². The van der Waals surface area contributed by atoms with Crippen molar-refractivity contribution in [1.29, 1.82) is 5.26 Å². The minimum absolute atomic E-state index is 0.0312. The van der Waals surface area contributed by atoms with E-state index in [9.17, 15) is 10.1 Å². The predicted octanol–water partition coefficient (Wildman–Crippen LogP) is 3.79. The van der Waals surface area contributed by atoms with Crippen molar-refractivity contribution in [1.82, 2.24) is 5.32 Å². The molecule has 0 aliphatic heterocycles. The van der Waals surface area contributed by atoms with Crippen LogP contribution in [0.25, 0.3) is 0 Å². The summed E-state index contributed by atoms with van der Waals surface area (Å²) in [4.78, 5) is 12.5. The van der Waals surface area contributed by atoms with Crippen LogP contribution in [0.5, 0.6) is 0 Å². The number of rotatable bonds is 5.